The van der Waals surface area contributed by atoms with Crippen molar-refractivity contribution in [1.82, 2.24) is 0 Å². The van der Waals surface area contributed by atoms with Gasteiger partial charge in [-0.1, -0.05) is 13.8 Å². The quantitative estimate of drug-likeness (QED) is 0.526. The lowest BCUT2D eigenvalue weighted by Gasteiger charge is -2.59. The van der Waals surface area contributed by atoms with E-state index in [-0.39, 0.29) is 40.6 Å². The van der Waals surface area contributed by atoms with Crippen molar-refractivity contribution < 1.29 is 23.8 Å². The van der Waals surface area contributed by atoms with E-state index < -0.39 is 0 Å². The summed E-state index contributed by atoms with van der Waals surface area (Å²) in [6, 6.07) is 0. The summed E-state index contributed by atoms with van der Waals surface area (Å²) in [5.74, 6) is 1.64. The van der Waals surface area contributed by atoms with E-state index in [4.69, 9.17) is 14.2 Å². The molecule has 4 saturated carbocycles. The number of epoxide rings is 1. The standard InChI is InChI=1S/C23H34O5/c1-13(24)26-15-7-10-22(4)18-8-9-21(3)17(5-6-19(21)27-14(2)25)16(18)11-20-23(22,12-15)28-20/h15-20H,5-12H2,1-4H3/t15-,16-,17?,18?,19-,20+,21-,22+,23+/m0/s1. The normalized spacial score (nSPS) is 53.9. The zero-order valence-corrected chi connectivity index (χ0v) is 17.7. The lowest BCUT2D eigenvalue weighted by atomic mass is 9.45. The van der Waals surface area contributed by atoms with Gasteiger partial charge in [-0.25, -0.2) is 0 Å². The predicted octanol–water partition coefficient (Wildman–Crippen LogP) is 4.02. The van der Waals surface area contributed by atoms with Crippen LogP contribution in [0.3, 0.4) is 0 Å². The molecular weight excluding hydrogens is 356 g/mol. The van der Waals surface area contributed by atoms with E-state index in [0.717, 1.165) is 38.5 Å². The van der Waals surface area contributed by atoms with Crippen LogP contribution in [0.25, 0.3) is 0 Å². The van der Waals surface area contributed by atoms with Crippen LogP contribution in [0.4, 0.5) is 0 Å². The molecule has 1 aliphatic heterocycles. The van der Waals surface area contributed by atoms with Crippen LogP contribution in [0.5, 0.6) is 0 Å². The highest BCUT2D eigenvalue weighted by Gasteiger charge is 2.76. The van der Waals surface area contributed by atoms with Gasteiger partial charge in [-0.15, -0.1) is 0 Å². The van der Waals surface area contributed by atoms with E-state index in [1.807, 2.05) is 0 Å². The van der Waals surface area contributed by atoms with Crippen molar-refractivity contribution in [2.45, 2.75) is 103 Å². The van der Waals surface area contributed by atoms with Gasteiger partial charge in [0.05, 0.1) is 6.10 Å². The first kappa shape index (κ1) is 18.9. The average Bonchev–Trinajstić information content (AvgIpc) is 3.20. The molecule has 0 amide bonds. The fraction of sp³-hybridized carbons (Fsp3) is 0.913. The van der Waals surface area contributed by atoms with Gasteiger partial charge in [-0.05, 0) is 62.7 Å². The number of carbonyl (C=O) groups is 2. The summed E-state index contributed by atoms with van der Waals surface area (Å²) >= 11 is 0. The van der Waals surface area contributed by atoms with Crippen LogP contribution in [0.15, 0.2) is 0 Å². The number of rotatable bonds is 2. The number of hydrogen-bond donors (Lipinski definition) is 0. The van der Waals surface area contributed by atoms with E-state index in [0.29, 0.717) is 23.9 Å². The lowest BCUT2D eigenvalue weighted by molar-refractivity contribution is -0.164. The highest BCUT2D eigenvalue weighted by Crippen LogP contribution is 2.73. The fourth-order valence-electron chi connectivity index (χ4n) is 8.32. The van der Waals surface area contributed by atoms with Crippen molar-refractivity contribution in [1.29, 1.82) is 0 Å². The summed E-state index contributed by atoms with van der Waals surface area (Å²) in [6.45, 7) is 7.87. The van der Waals surface area contributed by atoms with Crippen molar-refractivity contribution in [3.8, 4) is 0 Å². The van der Waals surface area contributed by atoms with Crippen LogP contribution in [-0.2, 0) is 23.8 Å². The Morgan fingerprint density at radius 2 is 1.68 bits per heavy atom. The molecule has 5 nitrogen and oxygen atoms in total. The third kappa shape index (κ3) is 2.41. The predicted molar refractivity (Wildman–Crippen MR) is 102 cm³/mol. The largest absolute Gasteiger partial charge is 0.462 e. The highest BCUT2D eigenvalue weighted by atomic mass is 16.6. The maximum atomic E-state index is 11.6. The van der Waals surface area contributed by atoms with Crippen molar-refractivity contribution in [3.05, 3.63) is 0 Å². The molecule has 156 valence electrons. The molecule has 0 aromatic rings. The zero-order chi connectivity index (χ0) is 19.9. The molecule has 5 heteroatoms. The van der Waals surface area contributed by atoms with Crippen LogP contribution in [0.2, 0.25) is 0 Å². The van der Waals surface area contributed by atoms with E-state index >= 15 is 0 Å². The molecule has 1 spiro atoms. The van der Waals surface area contributed by atoms with Crippen molar-refractivity contribution in [2.75, 3.05) is 0 Å². The van der Waals surface area contributed by atoms with E-state index in [1.54, 1.807) is 0 Å². The van der Waals surface area contributed by atoms with Gasteiger partial charge in [0.2, 0.25) is 0 Å². The molecule has 28 heavy (non-hydrogen) atoms. The Morgan fingerprint density at radius 3 is 2.39 bits per heavy atom. The molecular formula is C23H34O5. The van der Waals surface area contributed by atoms with Crippen molar-refractivity contribution in [3.63, 3.8) is 0 Å². The molecule has 2 unspecified atom stereocenters. The summed E-state index contributed by atoms with van der Waals surface area (Å²) < 4.78 is 17.8. The third-order valence-corrected chi connectivity index (χ3v) is 9.59. The molecule has 1 saturated heterocycles. The van der Waals surface area contributed by atoms with Crippen LogP contribution in [0.1, 0.15) is 79.1 Å². The molecule has 0 bridgehead atoms. The van der Waals surface area contributed by atoms with Gasteiger partial charge in [0.25, 0.3) is 0 Å². The van der Waals surface area contributed by atoms with Gasteiger partial charge in [0.15, 0.2) is 0 Å². The molecule has 4 aliphatic carbocycles. The fourth-order valence-corrected chi connectivity index (χ4v) is 8.32. The van der Waals surface area contributed by atoms with E-state index in [1.165, 1.54) is 26.7 Å². The van der Waals surface area contributed by atoms with E-state index in [2.05, 4.69) is 13.8 Å². The zero-order valence-electron chi connectivity index (χ0n) is 17.7. The molecule has 5 fully saturated rings. The van der Waals surface area contributed by atoms with Crippen LogP contribution >= 0.6 is 0 Å². The molecule has 0 radical (unpaired) electrons. The summed E-state index contributed by atoms with van der Waals surface area (Å²) in [7, 11) is 0. The highest BCUT2D eigenvalue weighted by molar-refractivity contribution is 5.66. The smallest absolute Gasteiger partial charge is 0.302 e. The van der Waals surface area contributed by atoms with Gasteiger partial charge < -0.3 is 14.2 Å². The number of ether oxygens (including phenoxy) is 3. The first-order valence-electron chi connectivity index (χ1n) is 11.2. The first-order chi connectivity index (χ1) is 13.2. The Kier molecular flexibility index (Phi) is 4.02. The Labute approximate surface area is 167 Å². The molecule has 5 rings (SSSR count). The van der Waals surface area contributed by atoms with Crippen LogP contribution < -0.4 is 0 Å². The maximum absolute atomic E-state index is 11.6. The number of fused-ring (bicyclic) bond motifs is 4. The second kappa shape index (κ2) is 5.96. The Hall–Kier alpha value is -1.10. The maximum Gasteiger partial charge on any atom is 0.302 e. The van der Waals surface area contributed by atoms with Gasteiger partial charge in [-0.2, -0.15) is 0 Å². The summed E-state index contributed by atoms with van der Waals surface area (Å²) in [6.07, 6.45) is 8.95. The van der Waals surface area contributed by atoms with Crippen molar-refractivity contribution in [2.24, 2.45) is 28.6 Å². The van der Waals surface area contributed by atoms with Gasteiger partial charge in [0.1, 0.15) is 17.8 Å². The Balaban J connectivity index is 1.39. The second-order valence-corrected chi connectivity index (χ2v) is 10.7. The molecule has 0 aromatic carbocycles. The first-order valence-corrected chi connectivity index (χ1v) is 11.2. The lowest BCUT2D eigenvalue weighted by Crippen LogP contribution is -2.59. The molecule has 0 aromatic heterocycles. The third-order valence-electron chi connectivity index (χ3n) is 9.59. The number of esters is 2. The summed E-state index contributed by atoms with van der Waals surface area (Å²) in [5, 5.41) is 0. The average molecular weight is 391 g/mol. The molecule has 5 aliphatic rings. The molecule has 9 atom stereocenters. The second-order valence-electron chi connectivity index (χ2n) is 10.7. The monoisotopic (exact) mass is 390 g/mol. The Morgan fingerprint density at radius 1 is 0.929 bits per heavy atom. The van der Waals surface area contributed by atoms with Gasteiger partial charge in [-0.3, -0.25) is 9.59 Å². The number of carbonyl (C=O) groups excluding carboxylic acids is 2. The van der Waals surface area contributed by atoms with Gasteiger partial charge in [0, 0.05) is 31.1 Å². The SMILES string of the molecule is CC(=O)O[C@H]1CC[C@]2(C)C3CC[C@@]4(C)C(CC[C@@H]4OC(C)=O)[C@@H]3C[C@H]3O[C@]32C1. The summed E-state index contributed by atoms with van der Waals surface area (Å²) in [4.78, 5) is 23.1. The topological polar surface area (TPSA) is 65.1 Å². The summed E-state index contributed by atoms with van der Waals surface area (Å²) in [5.41, 5.74) is 0.222. The Bertz CT molecular complexity index is 705. The minimum Gasteiger partial charge on any atom is -0.462 e. The minimum absolute atomic E-state index is 0.0146. The molecule has 0 N–H and O–H groups in total. The van der Waals surface area contributed by atoms with Crippen LogP contribution in [0, 0.1) is 28.6 Å². The molecule has 1 heterocycles. The number of hydrogen-bond acceptors (Lipinski definition) is 5. The minimum atomic E-state index is -0.174. The van der Waals surface area contributed by atoms with Crippen molar-refractivity contribution >= 4 is 11.9 Å². The van der Waals surface area contributed by atoms with Crippen LogP contribution in [-0.4, -0.2) is 35.9 Å². The van der Waals surface area contributed by atoms with E-state index in [9.17, 15) is 9.59 Å². The van der Waals surface area contributed by atoms with Gasteiger partial charge >= 0.3 is 11.9 Å².